The predicted molar refractivity (Wildman–Crippen MR) is 118 cm³/mol. The van der Waals surface area contributed by atoms with Gasteiger partial charge in [0.15, 0.2) is 11.6 Å². The normalized spacial score (nSPS) is 18.1. The Morgan fingerprint density at radius 2 is 1.72 bits per heavy atom. The first-order valence-corrected chi connectivity index (χ1v) is 11.1. The molecule has 5 heterocycles. The van der Waals surface area contributed by atoms with E-state index in [-0.39, 0.29) is 5.92 Å². The minimum Gasteiger partial charge on any atom is -0.355 e. The first-order chi connectivity index (χ1) is 15.8. The number of aromatic nitrogens is 6. The summed E-state index contributed by atoms with van der Waals surface area (Å²) in [6.07, 6.45) is 8.48. The number of pyridine rings is 1. The number of hydrogen-bond acceptors (Lipinski definition) is 8. The van der Waals surface area contributed by atoms with Crippen molar-refractivity contribution >= 4 is 11.7 Å². The third-order valence-electron chi connectivity index (χ3n) is 6.27. The number of carbonyl (C=O) groups excluding carboxylic acids is 1. The van der Waals surface area contributed by atoms with Gasteiger partial charge in [-0.05, 0) is 36.6 Å². The van der Waals surface area contributed by atoms with Gasteiger partial charge in [0, 0.05) is 64.1 Å². The van der Waals surface area contributed by atoms with Gasteiger partial charge >= 0.3 is 0 Å². The van der Waals surface area contributed by atoms with Crippen molar-refractivity contribution in [3.63, 3.8) is 0 Å². The van der Waals surface area contributed by atoms with E-state index < -0.39 is 0 Å². The summed E-state index contributed by atoms with van der Waals surface area (Å²) in [4.78, 5) is 27.8. The van der Waals surface area contributed by atoms with Gasteiger partial charge in [0.25, 0.3) is 0 Å². The molecule has 5 rings (SSSR count). The van der Waals surface area contributed by atoms with E-state index in [0.29, 0.717) is 11.7 Å². The molecule has 166 valence electrons. The third-order valence-corrected chi connectivity index (χ3v) is 6.27. The van der Waals surface area contributed by atoms with Crippen molar-refractivity contribution in [3.05, 3.63) is 54.9 Å². The number of rotatable bonds is 5. The van der Waals surface area contributed by atoms with Crippen molar-refractivity contribution in [2.75, 3.05) is 44.2 Å². The smallest absolute Gasteiger partial charge is 0.225 e. The topological polar surface area (TPSA) is 96.2 Å². The molecule has 32 heavy (non-hydrogen) atoms. The van der Waals surface area contributed by atoms with Gasteiger partial charge in [0.05, 0.1) is 0 Å². The van der Waals surface area contributed by atoms with Gasteiger partial charge in [0.1, 0.15) is 12.7 Å². The molecule has 10 heteroatoms. The maximum Gasteiger partial charge on any atom is 0.225 e. The van der Waals surface area contributed by atoms with Crippen LogP contribution in [0.3, 0.4) is 0 Å². The van der Waals surface area contributed by atoms with Gasteiger partial charge in [0.2, 0.25) is 5.91 Å². The molecule has 0 N–H and O–H groups in total. The number of hydrogen-bond donors (Lipinski definition) is 0. The van der Waals surface area contributed by atoms with Crippen LogP contribution in [0.5, 0.6) is 0 Å². The summed E-state index contributed by atoms with van der Waals surface area (Å²) in [6, 6.07) is 7.91. The lowest BCUT2D eigenvalue weighted by molar-refractivity contribution is -0.138. The lowest BCUT2D eigenvalue weighted by Crippen LogP contribution is -2.51. The largest absolute Gasteiger partial charge is 0.355 e. The van der Waals surface area contributed by atoms with Crippen molar-refractivity contribution in [2.24, 2.45) is 5.92 Å². The highest BCUT2D eigenvalue weighted by molar-refractivity contribution is 5.79. The molecule has 3 aromatic heterocycles. The number of piperidine rings is 1. The molecular weight excluding hydrogens is 406 g/mol. The monoisotopic (exact) mass is 433 g/mol. The first-order valence-electron chi connectivity index (χ1n) is 11.1. The number of carbonyl (C=O) groups is 1. The summed E-state index contributed by atoms with van der Waals surface area (Å²) in [6.45, 7) is 5.94. The first kappa shape index (κ1) is 20.5. The zero-order chi connectivity index (χ0) is 21.8. The highest BCUT2D eigenvalue weighted by Crippen LogP contribution is 2.24. The Kier molecular flexibility index (Phi) is 6.02. The minimum absolute atomic E-state index is 0.0958. The molecule has 0 radical (unpaired) electrons. The Morgan fingerprint density at radius 3 is 2.38 bits per heavy atom. The number of nitrogens with zero attached hydrogens (tertiary/aromatic N) is 9. The van der Waals surface area contributed by atoms with Gasteiger partial charge < -0.3 is 9.80 Å². The number of piperazine rings is 1. The van der Waals surface area contributed by atoms with Crippen LogP contribution in [0.15, 0.2) is 49.3 Å². The van der Waals surface area contributed by atoms with Crippen LogP contribution in [0.2, 0.25) is 0 Å². The molecule has 3 aromatic rings. The second-order valence-electron chi connectivity index (χ2n) is 8.31. The molecule has 2 saturated heterocycles. The van der Waals surface area contributed by atoms with E-state index in [2.05, 4.69) is 41.1 Å². The Morgan fingerprint density at radius 1 is 0.938 bits per heavy atom. The summed E-state index contributed by atoms with van der Waals surface area (Å²) in [5.74, 6) is 1.87. The van der Waals surface area contributed by atoms with Gasteiger partial charge in [-0.3, -0.25) is 14.7 Å². The fraction of sp³-hybridized carbons (Fsp3) is 0.455. The fourth-order valence-electron chi connectivity index (χ4n) is 4.43. The lowest BCUT2D eigenvalue weighted by atomic mass is 9.95. The second-order valence-corrected chi connectivity index (χ2v) is 8.31. The minimum atomic E-state index is 0.0958. The fourth-order valence-corrected chi connectivity index (χ4v) is 4.43. The molecule has 0 aliphatic carbocycles. The van der Waals surface area contributed by atoms with Gasteiger partial charge in [-0.25, -0.2) is 9.67 Å². The summed E-state index contributed by atoms with van der Waals surface area (Å²) in [5.41, 5.74) is 1.22. The molecule has 0 saturated carbocycles. The van der Waals surface area contributed by atoms with E-state index in [9.17, 15) is 4.79 Å². The van der Waals surface area contributed by atoms with Crippen LogP contribution < -0.4 is 4.90 Å². The maximum absolute atomic E-state index is 13.1. The molecule has 0 unspecified atom stereocenters. The zero-order valence-electron chi connectivity index (χ0n) is 18.0. The van der Waals surface area contributed by atoms with Crippen molar-refractivity contribution in [2.45, 2.75) is 19.4 Å². The van der Waals surface area contributed by atoms with E-state index in [4.69, 9.17) is 0 Å². The molecule has 2 aliphatic heterocycles. The molecule has 0 aromatic carbocycles. The molecule has 0 atom stereocenters. The zero-order valence-corrected chi connectivity index (χ0v) is 18.0. The van der Waals surface area contributed by atoms with Crippen molar-refractivity contribution in [1.82, 2.24) is 39.7 Å². The third kappa shape index (κ3) is 4.59. The van der Waals surface area contributed by atoms with Crippen LogP contribution in [0, 0.1) is 5.92 Å². The Bertz CT molecular complexity index is 994. The molecule has 2 fully saturated rings. The van der Waals surface area contributed by atoms with Crippen LogP contribution >= 0.6 is 0 Å². The summed E-state index contributed by atoms with van der Waals surface area (Å²) < 4.78 is 1.58. The summed E-state index contributed by atoms with van der Waals surface area (Å²) >= 11 is 0. The maximum atomic E-state index is 13.1. The molecule has 0 spiro atoms. The van der Waals surface area contributed by atoms with Crippen molar-refractivity contribution < 1.29 is 4.79 Å². The molecule has 1 amide bonds. The van der Waals surface area contributed by atoms with Crippen molar-refractivity contribution in [1.29, 1.82) is 0 Å². The molecule has 10 nitrogen and oxygen atoms in total. The average molecular weight is 434 g/mol. The number of anilines is 1. The predicted octanol–water partition coefficient (Wildman–Crippen LogP) is 1.01. The number of amides is 1. The van der Waals surface area contributed by atoms with E-state index in [1.54, 1.807) is 17.2 Å². The molecular formula is C22H27N9O. The van der Waals surface area contributed by atoms with E-state index >= 15 is 0 Å². The lowest BCUT2D eigenvalue weighted by Gasteiger charge is -2.38. The summed E-state index contributed by atoms with van der Waals surface area (Å²) in [5, 5.41) is 12.7. The van der Waals surface area contributed by atoms with Gasteiger partial charge in [-0.15, -0.1) is 10.2 Å². The molecule has 2 aliphatic rings. The van der Waals surface area contributed by atoms with Crippen LogP contribution in [-0.2, 0) is 11.3 Å². The van der Waals surface area contributed by atoms with E-state index in [1.807, 2.05) is 29.3 Å². The van der Waals surface area contributed by atoms with Crippen LogP contribution in [0.25, 0.3) is 5.82 Å². The van der Waals surface area contributed by atoms with Crippen LogP contribution in [0.4, 0.5) is 5.82 Å². The highest BCUT2D eigenvalue weighted by atomic mass is 16.2. The molecule has 0 bridgehead atoms. The van der Waals surface area contributed by atoms with Crippen molar-refractivity contribution in [3.8, 4) is 5.82 Å². The van der Waals surface area contributed by atoms with Gasteiger partial charge in [-0.2, -0.15) is 5.10 Å². The van der Waals surface area contributed by atoms with Gasteiger partial charge in [-0.1, -0.05) is 6.07 Å². The second kappa shape index (κ2) is 9.39. The Hall–Kier alpha value is -3.40. The van der Waals surface area contributed by atoms with Crippen LogP contribution in [-0.4, -0.2) is 84.9 Å². The van der Waals surface area contributed by atoms with Crippen LogP contribution in [0.1, 0.15) is 18.4 Å². The highest BCUT2D eigenvalue weighted by Gasteiger charge is 2.30. The van der Waals surface area contributed by atoms with E-state index in [1.165, 1.54) is 11.9 Å². The van der Waals surface area contributed by atoms with E-state index in [0.717, 1.165) is 64.5 Å². The standard InChI is InChI=1S/C22H27N9O/c32-22(30-12-10-28(11-13-30)15-18-2-1-7-23-14-18)19-5-8-29(9-6-19)20-3-4-21(27-26-20)31-17-24-16-25-31/h1-4,7,14,16-17,19H,5-6,8-13,15H2. The Balaban J connectivity index is 1.09. The summed E-state index contributed by atoms with van der Waals surface area (Å²) in [7, 11) is 0. The Labute approximate surface area is 186 Å². The average Bonchev–Trinajstić information content (AvgIpc) is 3.40. The SMILES string of the molecule is O=C(C1CCN(c2ccc(-n3cncn3)nn2)CC1)N1CCN(Cc2cccnc2)CC1. The quantitative estimate of drug-likeness (QED) is 0.588.